The average Bonchev–Trinajstić information content (AvgIpc) is 3.23. The van der Waals surface area contributed by atoms with E-state index in [0.717, 1.165) is 17.0 Å². The lowest BCUT2D eigenvalue weighted by atomic mass is 10.1. The molecule has 24 heavy (non-hydrogen) atoms. The molecule has 3 aromatic rings. The number of amides is 1. The molecule has 0 spiro atoms. The van der Waals surface area contributed by atoms with E-state index < -0.39 is 0 Å². The molecule has 124 valence electrons. The van der Waals surface area contributed by atoms with E-state index >= 15 is 0 Å². The zero-order valence-corrected chi connectivity index (χ0v) is 14.0. The van der Waals surface area contributed by atoms with Crippen LogP contribution in [-0.2, 0) is 24.1 Å². The topological polar surface area (TPSA) is 93.8 Å². The number of benzene rings is 1. The summed E-state index contributed by atoms with van der Waals surface area (Å²) in [6.07, 6.45) is 2.07. The molecule has 0 aliphatic carbocycles. The largest absolute Gasteiger partial charge is 0.339 e. The Labute approximate surface area is 143 Å². The van der Waals surface area contributed by atoms with Crippen LogP contribution in [0.2, 0.25) is 0 Å². The van der Waals surface area contributed by atoms with Crippen LogP contribution in [0.15, 0.2) is 34.9 Å². The molecule has 0 aliphatic rings. The Morgan fingerprint density at radius 1 is 1.25 bits per heavy atom. The quantitative estimate of drug-likeness (QED) is 0.709. The molecule has 7 nitrogen and oxygen atoms in total. The number of aromatic nitrogens is 4. The van der Waals surface area contributed by atoms with Gasteiger partial charge >= 0.3 is 0 Å². The Morgan fingerprint density at radius 3 is 2.83 bits per heavy atom. The zero-order valence-electron chi connectivity index (χ0n) is 13.2. The second-order valence-electron chi connectivity index (χ2n) is 5.17. The van der Waals surface area contributed by atoms with Crippen LogP contribution in [-0.4, -0.2) is 26.2 Å². The number of nitrogens with zero attached hydrogens (tertiary/aromatic N) is 4. The van der Waals surface area contributed by atoms with Crippen molar-refractivity contribution >= 4 is 22.4 Å². The Bertz CT molecular complexity index is 800. The smallest absolute Gasteiger partial charge is 0.227 e. The maximum absolute atomic E-state index is 11.9. The van der Waals surface area contributed by atoms with Gasteiger partial charge in [-0.3, -0.25) is 4.79 Å². The summed E-state index contributed by atoms with van der Waals surface area (Å²) >= 11 is 1.38. The Kier molecular flexibility index (Phi) is 5.27. The zero-order chi connectivity index (χ0) is 16.8. The van der Waals surface area contributed by atoms with Crippen LogP contribution in [0.5, 0.6) is 0 Å². The van der Waals surface area contributed by atoms with E-state index in [9.17, 15) is 4.79 Å². The highest BCUT2D eigenvalue weighted by Crippen LogP contribution is 2.16. The van der Waals surface area contributed by atoms with Gasteiger partial charge in [0.15, 0.2) is 5.82 Å². The molecule has 0 aliphatic heterocycles. The highest BCUT2D eigenvalue weighted by Gasteiger charge is 2.11. The number of anilines is 1. The molecule has 0 saturated carbocycles. The normalized spacial score (nSPS) is 10.7. The first-order valence-corrected chi connectivity index (χ1v) is 8.52. The maximum atomic E-state index is 11.9. The van der Waals surface area contributed by atoms with Crippen LogP contribution >= 0.6 is 11.3 Å². The lowest BCUT2D eigenvalue weighted by molar-refractivity contribution is -0.116. The standard InChI is InChI=1S/C16H17N5O2S/c1-2-15-19-20-16(24-15)18-13(22)8-9-14-17-12(21-23-14)10-11-6-4-3-5-7-11/h3-7H,2,8-10H2,1H3,(H,18,20,22). The highest BCUT2D eigenvalue weighted by molar-refractivity contribution is 7.15. The molecule has 2 aromatic heterocycles. The van der Waals surface area contributed by atoms with E-state index in [4.69, 9.17) is 4.52 Å². The minimum Gasteiger partial charge on any atom is -0.339 e. The van der Waals surface area contributed by atoms with E-state index in [-0.39, 0.29) is 12.3 Å². The van der Waals surface area contributed by atoms with Crippen molar-refractivity contribution in [1.29, 1.82) is 0 Å². The third kappa shape index (κ3) is 4.45. The van der Waals surface area contributed by atoms with E-state index in [2.05, 4.69) is 25.7 Å². The van der Waals surface area contributed by atoms with Crippen molar-refractivity contribution in [3.8, 4) is 0 Å². The van der Waals surface area contributed by atoms with Gasteiger partial charge in [0.05, 0.1) is 0 Å². The number of rotatable bonds is 7. The summed E-state index contributed by atoms with van der Waals surface area (Å²) < 4.78 is 5.19. The third-order valence-corrected chi connectivity index (χ3v) is 4.28. The van der Waals surface area contributed by atoms with Crippen LogP contribution in [0.25, 0.3) is 0 Å². The molecule has 0 unspecified atom stereocenters. The first-order chi connectivity index (χ1) is 11.7. The van der Waals surface area contributed by atoms with Gasteiger partial charge in [-0.2, -0.15) is 4.98 Å². The second kappa shape index (κ2) is 7.78. The van der Waals surface area contributed by atoms with Gasteiger partial charge < -0.3 is 9.84 Å². The fraction of sp³-hybridized carbons (Fsp3) is 0.312. The van der Waals surface area contributed by atoms with Crippen molar-refractivity contribution in [2.24, 2.45) is 0 Å². The number of aryl methyl sites for hydroxylation is 2. The fourth-order valence-electron chi connectivity index (χ4n) is 2.09. The predicted octanol–water partition coefficient (Wildman–Crippen LogP) is 2.65. The lowest BCUT2D eigenvalue weighted by Crippen LogP contribution is -2.12. The first-order valence-electron chi connectivity index (χ1n) is 7.70. The Morgan fingerprint density at radius 2 is 2.08 bits per heavy atom. The van der Waals surface area contributed by atoms with Crippen molar-refractivity contribution in [3.05, 3.63) is 52.6 Å². The van der Waals surface area contributed by atoms with E-state index in [1.807, 2.05) is 37.3 Å². The summed E-state index contributed by atoms with van der Waals surface area (Å²) in [7, 11) is 0. The van der Waals surface area contributed by atoms with Gasteiger partial charge in [0.1, 0.15) is 5.01 Å². The van der Waals surface area contributed by atoms with Crippen molar-refractivity contribution in [2.75, 3.05) is 5.32 Å². The first kappa shape index (κ1) is 16.3. The van der Waals surface area contributed by atoms with Crippen LogP contribution in [0.3, 0.4) is 0 Å². The van der Waals surface area contributed by atoms with Crippen LogP contribution in [0, 0.1) is 0 Å². The number of hydrogen-bond donors (Lipinski definition) is 1. The number of carbonyl (C=O) groups excluding carboxylic acids is 1. The number of carbonyl (C=O) groups is 1. The van der Waals surface area contributed by atoms with Crippen LogP contribution in [0.1, 0.15) is 35.6 Å². The van der Waals surface area contributed by atoms with Crippen molar-refractivity contribution < 1.29 is 9.32 Å². The summed E-state index contributed by atoms with van der Waals surface area (Å²) in [4.78, 5) is 16.2. The van der Waals surface area contributed by atoms with Gasteiger partial charge in [-0.15, -0.1) is 10.2 Å². The van der Waals surface area contributed by atoms with Crippen molar-refractivity contribution in [2.45, 2.75) is 32.6 Å². The number of hydrogen-bond acceptors (Lipinski definition) is 7. The molecule has 1 aromatic carbocycles. The maximum Gasteiger partial charge on any atom is 0.227 e. The monoisotopic (exact) mass is 343 g/mol. The molecular formula is C16H17N5O2S. The van der Waals surface area contributed by atoms with Gasteiger partial charge in [-0.05, 0) is 12.0 Å². The van der Waals surface area contributed by atoms with Gasteiger partial charge in [-0.1, -0.05) is 53.7 Å². The van der Waals surface area contributed by atoms with E-state index in [1.165, 1.54) is 11.3 Å². The average molecular weight is 343 g/mol. The fourth-order valence-corrected chi connectivity index (χ4v) is 2.79. The van der Waals surface area contributed by atoms with Gasteiger partial charge in [0, 0.05) is 19.3 Å². The molecule has 1 N–H and O–H groups in total. The van der Waals surface area contributed by atoms with Gasteiger partial charge in [-0.25, -0.2) is 0 Å². The predicted molar refractivity (Wildman–Crippen MR) is 89.8 cm³/mol. The summed E-state index contributed by atoms with van der Waals surface area (Å²) in [5, 5.41) is 16.0. The van der Waals surface area contributed by atoms with E-state index in [1.54, 1.807) is 0 Å². The summed E-state index contributed by atoms with van der Waals surface area (Å²) in [5.74, 6) is 0.938. The minimum atomic E-state index is -0.142. The van der Waals surface area contributed by atoms with Crippen LogP contribution in [0.4, 0.5) is 5.13 Å². The summed E-state index contributed by atoms with van der Waals surface area (Å²) in [5.41, 5.74) is 1.12. The molecule has 0 atom stereocenters. The molecule has 1 amide bonds. The lowest BCUT2D eigenvalue weighted by Gasteiger charge is -1.98. The van der Waals surface area contributed by atoms with Gasteiger partial charge in [0.25, 0.3) is 0 Å². The molecular weight excluding hydrogens is 326 g/mol. The molecule has 0 radical (unpaired) electrons. The highest BCUT2D eigenvalue weighted by atomic mass is 32.1. The van der Waals surface area contributed by atoms with Crippen molar-refractivity contribution in [1.82, 2.24) is 20.3 Å². The molecule has 2 heterocycles. The van der Waals surface area contributed by atoms with E-state index in [0.29, 0.717) is 29.7 Å². The molecule has 0 fully saturated rings. The van der Waals surface area contributed by atoms with Gasteiger partial charge in [0.2, 0.25) is 16.9 Å². The second-order valence-corrected chi connectivity index (χ2v) is 6.23. The SMILES string of the molecule is CCc1nnc(NC(=O)CCc2nc(Cc3ccccc3)no2)s1. The number of nitrogens with one attached hydrogen (secondary N) is 1. The molecule has 0 saturated heterocycles. The molecule has 0 bridgehead atoms. The molecule has 8 heteroatoms. The molecule has 3 rings (SSSR count). The van der Waals surface area contributed by atoms with Crippen molar-refractivity contribution in [3.63, 3.8) is 0 Å². The minimum absolute atomic E-state index is 0.142. The summed E-state index contributed by atoms with van der Waals surface area (Å²) in [6.45, 7) is 1.99. The van der Waals surface area contributed by atoms with Crippen LogP contribution < -0.4 is 5.32 Å². The summed E-state index contributed by atoms with van der Waals surface area (Å²) in [6, 6.07) is 9.92. The Balaban J connectivity index is 1.49. The Hall–Kier alpha value is -2.61. The third-order valence-electron chi connectivity index (χ3n) is 3.30.